The molecule has 1 aliphatic rings. The molecule has 1 fully saturated rings. The lowest BCUT2D eigenvalue weighted by Crippen LogP contribution is -2.32. The van der Waals surface area contributed by atoms with Crippen molar-refractivity contribution in [1.82, 2.24) is 14.9 Å². The maximum atomic E-state index is 13.4. The van der Waals surface area contributed by atoms with Crippen molar-refractivity contribution in [2.24, 2.45) is 0 Å². The summed E-state index contributed by atoms with van der Waals surface area (Å²) in [5.74, 6) is -1.72. The van der Waals surface area contributed by atoms with Crippen molar-refractivity contribution < 1.29 is 18.4 Å². The molecule has 1 aliphatic heterocycles. The Morgan fingerprint density at radius 1 is 1.06 bits per heavy atom. The molecule has 3 heterocycles. The molecule has 4 rings (SSSR count). The van der Waals surface area contributed by atoms with E-state index in [0.29, 0.717) is 18.3 Å². The zero-order chi connectivity index (χ0) is 23.4. The van der Waals surface area contributed by atoms with Crippen molar-refractivity contribution in [3.8, 4) is 0 Å². The Labute approximate surface area is 190 Å². The van der Waals surface area contributed by atoms with E-state index in [-0.39, 0.29) is 17.2 Å². The first-order chi connectivity index (χ1) is 15.9. The molecular weight excluding hydrogens is 426 g/mol. The lowest BCUT2D eigenvalue weighted by atomic mass is 9.93. The number of nitrogens with one attached hydrogen (secondary N) is 1. The molecule has 170 valence electrons. The lowest BCUT2D eigenvalue weighted by molar-refractivity contribution is -0.114. The van der Waals surface area contributed by atoms with Crippen LogP contribution in [-0.4, -0.2) is 39.6 Å². The molecule has 33 heavy (non-hydrogen) atoms. The molecule has 0 atom stereocenters. The minimum atomic E-state index is -1.06. The molecule has 6 nitrogen and oxygen atoms in total. The number of rotatable bonds is 6. The van der Waals surface area contributed by atoms with Crippen molar-refractivity contribution in [2.75, 3.05) is 18.4 Å². The highest BCUT2D eigenvalue weighted by Gasteiger charge is 2.22. The fraction of sp³-hybridized carbons (Fsp3) is 0.280. The van der Waals surface area contributed by atoms with Gasteiger partial charge in [-0.3, -0.25) is 19.5 Å². The number of likely N-dealkylation sites (tertiary alicyclic amines) is 1. The van der Waals surface area contributed by atoms with Crippen molar-refractivity contribution in [2.45, 2.75) is 32.2 Å². The molecule has 1 saturated heterocycles. The third-order valence-electron chi connectivity index (χ3n) is 5.73. The molecular formula is C25H24F2N4O2. The topological polar surface area (TPSA) is 75.2 Å². The number of pyridine rings is 2. The van der Waals surface area contributed by atoms with Crippen LogP contribution in [0, 0.1) is 11.6 Å². The van der Waals surface area contributed by atoms with Crippen molar-refractivity contribution >= 4 is 17.5 Å². The van der Waals surface area contributed by atoms with E-state index in [1.807, 2.05) is 18.2 Å². The molecule has 0 saturated carbocycles. The molecule has 0 radical (unpaired) electrons. The summed E-state index contributed by atoms with van der Waals surface area (Å²) in [6, 6.07) is 12.2. The average molecular weight is 450 g/mol. The fourth-order valence-electron chi connectivity index (χ4n) is 4.01. The highest BCUT2D eigenvalue weighted by atomic mass is 19.2. The van der Waals surface area contributed by atoms with Crippen LogP contribution in [0.2, 0.25) is 0 Å². The summed E-state index contributed by atoms with van der Waals surface area (Å²) in [6.45, 7) is 3.96. The Morgan fingerprint density at radius 2 is 1.85 bits per heavy atom. The van der Waals surface area contributed by atoms with Crippen LogP contribution in [0.5, 0.6) is 0 Å². The molecule has 1 amide bonds. The fourth-order valence-corrected chi connectivity index (χ4v) is 4.01. The summed E-state index contributed by atoms with van der Waals surface area (Å²) in [5.41, 5.74) is 2.21. The second-order valence-electron chi connectivity index (χ2n) is 8.19. The standard InChI is InChI=1S/C25H24F2N4O2/c1-16(32)29-24-4-2-3-22(30-24)18-9-11-31(12-10-18)15-17-5-8-23(28-14-17)25(33)19-6-7-20(26)21(27)13-19/h2-8,13-14,18H,9-12,15H2,1H3,(H,29,30,32). The van der Waals surface area contributed by atoms with Gasteiger partial charge in [0.05, 0.1) is 0 Å². The number of nitrogens with zero attached hydrogens (tertiary/aromatic N) is 3. The molecule has 2 aromatic heterocycles. The minimum absolute atomic E-state index is 0.0624. The number of amides is 1. The summed E-state index contributed by atoms with van der Waals surface area (Å²) in [7, 11) is 0. The maximum Gasteiger partial charge on any atom is 0.222 e. The Bertz CT molecular complexity index is 1160. The second kappa shape index (κ2) is 9.95. The Kier molecular flexibility index (Phi) is 6.84. The van der Waals surface area contributed by atoms with E-state index in [4.69, 9.17) is 0 Å². The van der Waals surface area contributed by atoms with Gasteiger partial charge in [-0.05, 0) is 67.9 Å². The van der Waals surface area contributed by atoms with E-state index in [1.54, 1.807) is 18.3 Å². The summed E-state index contributed by atoms with van der Waals surface area (Å²) in [4.78, 5) is 34.9. The smallest absolute Gasteiger partial charge is 0.222 e. The number of ketones is 1. The summed E-state index contributed by atoms with van der Waals surface area (Å²) < 4.78 is 26.5. The highest BCUT2D eigenvalue weighted by Crippen LogP contribution is 2.28. The van der Waals surface area contributed by atoms with Gasteiger partial charge in [0.1, 0.15) is 11.5 Å². The molecule has 1 aromatic carbocycles. The highest BCUT2D eigenvalue weighted by molar-refractivity contribution is 6.07. The maximum absolute atomic E-state index is 13.4. The van der Waals surface area contributed by atoms with E-state index in [9.17, 15) is 18.4 Å². The monoisotopic (exact) mass is 450 g/mol. The molecule has 0 spiro atoms. The van der Waals surface area contributed by atoms with Gasteiger partial charge in [0.2, 0.25) is 11.7 Å². The van der Waals surface area contributed by atoms with Crippen LogP contribution < -0.4 is 5.32 Å². The molecule has 3 aromatic rings. The number of carbonyl (C=O) groups excluding carboxylic acids is 2. The van der Waals surface area contributed by atoms with E-state index in [1.165, 1.54) is 13.0 Å². The van der Waals surface area contributed by atoms with E-state index < -0.39 is 17.4 Å². The Balaban J connectivity index is 1.33. The minimum Gasteiger partial charge on any atom is -0.311 e. The second-order valence-corrected chi connectivity index (χ2v) is 8.19. The number of hydrogen-bond donors (Lipinski definition) is 1. The normalized spacial score (nSPS) is 14.8. The SMILES string of the molecule is CC(=O)Nc1cccc(C2CCN(Cc3ccc(C(=O)c4ccc(F)c(F)c4)nc3)CC2)n1. The van der Waals surface area contributed by atoms with Crippen molar-refractivity contribution in [3.05, 3.63) is 88.9 Å². The van der Waals surface area contributed by atoms with Gasteiger partial charge >= 0.3 is 0 Å². The third-order valence-corrected chi connectivity index (χ3v) is 5.73. The lowest BCUT2D eigenvalue weighted by Gasteiger charge is -2.31. The van der Waals surface area contributed by atoms with Gasteiger partial charge < -0.3 is 5.32 Å². The molecule has 1 N–H and O–H groups in total. The molecule has 0 bridgehead atoms. The number of halogens is 2. The van der Waals surface area contributed by atoms with Gasteiger partial charge in [-0.1, -0.05) is 12.1 Å². The van der Waals surface area contributed by atoms with Gasteiger partial charge in [-0.25, -0.2) is 13.8 Å². The third kappa shape index (κ3) is 5.64. The van der Waals surface area contributed by atoms with Crippen LogP contribution in [0.25, 0.3) is 0 Å². The Hall–Kier alpha value is -3.52. The van der Waals surface area contributed by atoms with Crippen LogP contribution in [0.15, 0.2) is 54.7 Å². The summed E-state index contributed by atoms with van der Waals surface area (Å²) in [6.07, 6.45) is 3.56. The van der Waals surface area contributed by atoms with Gasteiger partial charge in [0.25, 0.3) is 0 Å². The summed E-state index contributed by atoms with van der Waals surface area (Å²) >= 11 is 0. The number of anilines is 1. The van der Waals surface area contributed by atoms with E-state index in [2.05, 4.69) is 20.2 Å². The zero-order valence-corrected chi connectivity index (χ0v) is 18.2. The predicted octanol–water partition coefficient (Wildman–Crippen LogP) is 4.32. The molecule has 0 unspecified atom stereocenters. The number of carbonyl (C=O) groups is 2. The number of piperidine rings is 1. The number of hydrogen-bond acceptors (Lipinski definition) is 5. The zero-order valence-electron chi connectivity index (χ0n) is 18.2. The number of aromatic nitrogens is 2. The first-order valence-electron chi connectivity index (χ1n) is 10.8. The largest absolute Gasteiger partial charge is 0.311 e. The van der Waals surface area contributed by atoms with Gasteiger partial charge in [-0.15, -0.1) is 0 Å². The molecule has 8 heteroatoms. The van der Waals surface area contributed by atoms with Gasteiger partial charge in [0, 0.05) is 36.8 Å². The van der Waals surface area contributed by atoms with Crippen molar-refractivity contribution in [1.29, 1.82) is 0 Å². The van der Waals surface area contributed by atoms with Crippen LogP contribution in [0.4, 0.5) is 14.6 Å². The average Bonchev–Trinajstić information content (AvgIpc) is 2.81. The van der Waals surface area contributed by atoms with Crippen LogP contribution in [0.3, 0.4) is 0 Å². The predicted molar refractivity (Wildman–Crippen MR) is 120 cm³/mol. The van der Waals surface area contributed by atoms with Crippen molar-refractivity contribution in [3.63, 3.8) is 0 Å². The quantitative estimate of drug-likeness (QED) is 0.566. The van der Waals surface area contributed by atoms with Crippen LogP contribution in [0.1, 0.15) is 53.0 Å². The van der Waals surface area contributed by atoms with Crippen LogP contribution >= 0.6 is 0 Å². The van der Waals surface area contributed by atoms with E-state index in [0.717, 1.165) is 49.3 Å². The van der Waals surface area contributed by atoms with Gasteiger partial charge in [-0.2, -0.15) is 0 Å². The number of benzene rings is 1. The first-order valence-corrected chi connectivity index (χ1v) is 10.8. The Morgan fingerprint density at radius 3 is 2.52 bits per heavy atom. The van der Waals surface area contributed by atoms with E-state index >= 15 is 0 Å². The van der Waals surface area contributed by atoms with Crippen LogP contribution in [-0.2, 0) is 11.3 Å². The first kappa shape index (κ1) is 22.7. The summed E-state index contributed by atoms with van der Waals surface area (Å²) in [5, 5.41) is 2.73. The molecule has 0 aliphatic carbocycles. The van der Waals surface area contributed by atoms with Gasteiger partial charge in [0.15, 0.2) is 11.6 Å².